The predicted octanol–water partition coefficient (Wildman–Crippen LogP) is 1.55. The number of para-hydroxylation sites is 1. The van der Waals surface area contributed by atoms with Crippen molar-refractivity contribution >= 4 is 5.91 Å². The Morgan fingerprint density at radius 1 is 1.38 bits per heavy atom. The van der Waals surface area contributed by atoms with Gasteiger partial charge in [-0.1, -0.05) is 18.2 Å². The molecule has 5 heteroatoms. The maximum absolute atomic E-state index is 11.8. The van der Waals surface area contributed by atoms with E-state index in [1.807, 2.05) is 29.2 Å². The molecule has 1 aromatic carbocycles. The molecule has 1 amide bonds. The van der Waals surface area contributed by atoms with Gasteiger partial charge in [-0.25, -0.2) is 0 Å². The van der Waals surface area contributed by atoms with Crippen LogP contribution < -0.4 is 10.5 Å². The highest BCUT2D eigenvalue weighted by molar-refractivity contribution is 5.81. The molecule has 1 aliphatic rings. The molecule has 0 saturated carbocycles. The Bertz CT molecular complexity index is 468. The highest BCUT2D eigenvalue weighted by atomic mass is 16.5. The van der Waals surface area contributed by atoms with Crippen LogP contribution in [0.1, 0.15) is 25.3 Å². The number of hydrogen-bond donors (Lipinski definition) is 1. The van der Waals surface area contributed by atoms with E-state index in [1.54, 1.807) is 14.0 Å². The fraction of sp³-hybridized carbons (Fsp3) is 0.562. The Balaban J connectivity index is 1.80. The second-order valence-electron chi connectivity index (χ2n) is 5.44. The van der Waals surface area contributed by atoms with Gasteiger partial charge in [0.15, 0.2) is 0 Å². The number of rotatable bonds is 5. The summed E-state index contributed by atoms with van der Waals surface area (Å²) in [5.41, 5.74) is 6.68. The Hall–Kier alpha value is -1.59. The van der Waals surface area contributed by atoms with Crippen LogP contribution in [0, 0.1) is 0 Å². The molecule has 1 aliphatic heterocycles. The molecule has 0 spiro atoms. The first-order chi connectivity index (χ1) is 10.1. The second kappa shape index (κ2) is 7.43. The Kier molecular flexibility index (Phi) is 5.59. The summed E-state index contributed by atoms with van der Waals surface area (Å²) in [6, 6.07) is 7.44. The van der Waals surface area contributed by atoms with Crippen molar-refractivity contribution in [1.82, 2.24) is 4.90 Å². The SMILES string of the molecule is COc1ccccc1COC1CCN(C(=O)[C@@H](C)N)CC1. The topological polar surface area (TPSA) is 64.8 Å². The molecule has 2 N–H and O–H groups in total. The van der Waals surface area contributed by atoms with Gasteiger partial charge in [-0.3, -0.25) is 4.79 Å². The van der Waals surface area contributed by atoms with Crippen LogP contribution in [0.15, 0.2) is 24.3 Å². The zero-order chi connectivity index (χ0) is 15.2. The molecular weight excluding hydrogens is 268 g/mol. The lowest BCUT2D eigenvalue weighted by molar-refractivity contribution is -0.135. The number of ether oxygens (including phenoxy) is 2. The number of nitrogens with two attached hydrogens (primary N) is 1. The number of carbonyl (C=O) groups is 1. The molecule has 2 rings (SSSR count). The minimum absolute atomic E-state index is 0.0261. The Labute approximate surface area is 126 Å². The summed E-state index contributed by atoms with van der Waals surface area (Å²) in [4.78, 5) is 13.6. The standard InChI is InChI=1S/C16H24N2O3/c1-12(17)16(19)18-9-7-14(8-10-18)21-11-13-5-3-4-6-15(13)20-2/h3-6,12,14H,7-11,17H2,1-2H3/t12-/m1/s1. The summed E-state index contributed by atoms with van der Waals surface area (Å²) >= 11 is 0. The Morgan fingerprint density at radius 3 is 2.67 bits per heavy atom. The summed E-state index contributed by atoms with van der Waals surface area (Å²) in [5.74, 6) is 0.875. The molecule has 0 aromatic heterocycles. The van der Waals surface area contributed by atoms with Crippen LogP contribution in [-0.4, -0.2) is 43.2 Å². The number of benzene rings is 1. The van der Waals surface area contributed by atoms with Crippen LogP contribution in [0.3, 0.4) is 0 Å². The number of methoxy groups -OCH3 is 1. The third kappa shape index (κ3) is 4.19. The van der Waals surface area contributed by atoms with Gasteiger partial charge in [0.1, 0.15) is 5.75 Å². The lowest BCUT2D eigenvalue weighted by Gasteiger charge is -2.33. The highest BCUT2D eigenvalue weighted by Crippen LogP contribution is 2.21. The van der Waals surface area contributed by atoms with Crippen LogP contribution in [0.25, 0.3) is 0 Å². The summed E-state index contributed by atoms with van der Waals surface area (Å²) in [7, 11) is 1.66. The van der Waals surface area contributed by atoms with Gasteiger partial charge in [0.05, 0.1) is 25.9 Å². The third-order valence-electron chi connectivity index (χ3n) is 3.81. The molecule has 5 nitrogen and oxygen atoms in total. The van der Waals surface area contributed by atoms with Gasteiger partial charge in [-0.05, 0) is 25.8 Å². The van der Waals surface area contributed by atoms with E-state index in [1.165, 1.54) is 0 Å². The maximum Gasteiger partial charge on any atom is 0.239 e. The smallest absolute Gasteiger partial charge is 0.239 e. The number of piperidine rings is 1. The molecule has 0 radical (unpaired) electrons. The minimum Gasteiger partial charge on any atom is -0.496 e. The molecule has 1 atom stereocenters. The minimum atomic E-state index is -0.420. The van der Waals surface area contributed by atoms with Crippen molar-refractivity contribution < 1.29 is 14.3 Å². The van der Waals surface area contributed by atoms with Crippen molar-refractivity contribution in [3.8, 4) is 5.75 Å². The molecule has 1 saturated heterocycles. The maximum atomic E-state index is 11.8. The van der Waals surface area contributed by atoms with E-state index in [4.69, 9.17) is 15.2 Å². The van der Waals surface area contributed by atoms with Crippen LogP contribution in [-0.2, 0) is 16.1 Å². The van der Waals surface area contributed by atoms with Crippen LogP contribution >= 0.6 is 0 Å². The predicted molar refractivity (Wildman–Crippen MR) is 81.0 cm³/mol. The first kappa shape index (κ1) is 15.8. The number of likely N-dealkylation sites (tertiary alicyclic amines) is 1. The molecular formula is C16H24N2O3. The largest absolute Gasteiger partial charge is 0.496 e. The van der Waals surface area contributed by atoms with E-state index in [9.17, 15) is 4.79 Å². The van der Waals surface area contributed by atoms with Crippen LogP contribution in [0.5, 0.6) is 5.75 Å². The Morgan fingerprint density at radius 2 is 2.05 bits per heavy atom. The molecule has 1 aromatic rings. The summed E-state index contributed by atoms with van der Waals surface area (Å²) in [5, 5.41) is 0. The molecule has 0 unspecified atom stereocenters. The highest BCUT2D eigenvalue weighted by Gasteiger charge is 2.24. The van der Waals surface area contributed by atoms with E-state index in [-0.39, 0.29) is 12.0 Å². The molecule has 21 heavy (non-hydrogen) atoms. The lowest BCUT2D eigenvalue weighted by atomic mass is 10.1. The van der Waals surface area contributed by atoms with E-state index < -0.39 is 6.04 Å². The lowest BCUT2D eigenvalue weighted by Crippen LogP contribution is -2.47. The average molecular weight is 292 g/mol. The molecule has 116 valence electrons. The average Bonchev–Trinajstić information content (AvgIpc) is 2.52. The van der Waals surface area contributed by atoms with Gasteiger partial charge in [0.25, 0.3) is 0 Å². The van der Waals surface area contributed by atoms with Crippen LogP contribution in [0.2, 0.25) is 0 Å². The van der Waals surface area contributed by atoms with Crippen molar-refractivity contribution in [2.45, 2.75) is 38.5 Å². The van der Waals surface area contributed by atoms with Crippen molar-refractivity contribution in [2.75, 3.05) is 20.2 Å². The van der Waals surface area contributed by atoms with Gasteiger partial charge in [0.2, 0.25) is 5.91 Å². The summed E-state index contributed by atoms with van der Waals surface area (Å²) < 4.78 is 11.3. The van der Waals surface area contributed by atoms with Gasteiger partial charge in [0, 0.05) is 18.7 Å². The first-order valence-corrected chi connectivity index (χ1v) is 7.39. The summed E-state index contributed by atoms with van der Waals surface area (Å²) in [6.07, 6.45) is 1.90. The van der Waals surface area contributed by atoms with Crippen LogP contribution in [0.4, 0.5) is 0 Å². The quantitative estimate of drug-likeness (QED) is 0.894. The molecule has 0 bridgehead atoms. The van der Waals surface area contributed by atoms with Crippen molar-refractivity contribution in [3.05, 3.63) is 29.8 Å². The van der Waals surface area contributed by atoms with E-state index in [0.29, 0.717) is 6.61 Å². The third-order valence-corrected chi connectivity index (χ3v) is 3.81. The fourth-order valence-electron chi connectivity index (χ4n) is 2.56. The normalized spacial score (nSPS) is 17.6. The molecule has 0 aliphatic carbocycles. The monoisotopic (exact) mass is 292 g/mol. The van der Waals surface area contributed by atoms with E-state index >= 15 is 0 Å². The van der Waals surface area contributed by atoms with Gasteiger partial charge in [-0.15, -0.1) is 0 Å². The van der Waals surface area contributed by atoms with E-state index in [2.05, 4.69) is 0 Å². The zero-order valence-electron chi connectivity index (χ0n) is 12.7. The summed E-state index contributed by atoms with van der Waals surface area (Å²) in [6.45, 7) is 3.70. The number of hydrogen-bond acceptors (Lipinski definition) is 4. The number of amides is 1. The van der Waals surface area contributed by atoms with Crippen molar-refractivity contribution in [1.29, 1.82) is 0 Å². The number of carbonyl (C=O) groups excluding carboxylic acids is 1. The first-order valence-electron chi connectivity index (χ1n) is 7.39. The zero-order valence-corrected chi connectivity index (χ0v) is 12.7. The second-order valence-corrected chi connectivity index (χ2v) is 5.44. The van der Waals surface area contributed by atoms with Gasteiger partial charge >= 0.3 is 0 Å². The van der Waals surface area contributed by atoms with Crippen molar-refractivity contribution in [2.24, 2.45) is 5.73 Å². The molecule has 1 heterocycles. The van der Waals surface area contributed by atoms with Gasteiger partial charge < -0.3 is 20.1 Å². The van der Waals surface area contributed by atoms with Gasteiger partial charge in [-0.2, -0.15) is 0 Å². The van der Waals surface area contributed by atoms with Crippen molar-refractivity contribution in [3.63, 3.8) is 0 Å². The number of nitrogens with zero attached hydrogens (tertiary/aromatic N) is 1. The fourth-order valence-corrected chi connectivity index (χ4v) is 2.56. The van der Waals surface area contributed by atoms with E-state index in [0.717, 1.165) is 37.2 Å². The molecule has 1 fully saturated rings.